The van der Waals surface area contributed by atoms with E-state index in [9.17, 15) is 4.79 Å². The van der Waals surface area contributed by atoms with Gasteiger partial charge in [0.25, 0.3) is 0 Å². The first kappa shape index (κ1) is 15.8. The average Bonchev–Trinajstić information content (AvgIpc) is 3.06. The van der Waals surface area contributed by atoms with Crippen molar-refractivity contribution in [3.63, 3.8) is 0 Å². The van der Waals surface area contributed by atoms with Gasteiger partial charge in [0.15, 0.2) is 6.29 Å². The van der Waals surface area contributed by atoms with E-state index in [-0.39, 0.29) is 18.8 Å². The Morgan fingerprint density at radius 1 is 1.40 bits per heavy atom. The third-order valence-electron chi connectivity index (χ3n) is 4.69. The predicted octanol–water partition coefficient (Wildman–Crippen LogP) is 3.44. The van der Waals surface area contributed by atoms with Crippen molar-refractivity contribution in [1.29, 1.82) is 0 Å². The van der Waals surface area contributed by atoms with Crippen molar-refractivity contribution in [3.05, 3.63) is 0 Å². The second-order valence-electron chi connectivity index (χ2n) is 6.83. The molecule has 1 heterocycles. The number of rotatable bonds is 7. The van der Waals surface area contributed by atoms with Gasteiger partial charge in [-0.15, -0.1) is 0 Å². The molecular weight excluding hydrogens is 256 g/mol. The first-order valence-corrected chi connectivity index (χ1v) is 8.00. The molecule has 4 heteroatoms. The number of carbonyl (C=O) groups is 1. The van der Waals surface area contributed by atoms with Crippen LogP contribution in [0.2, 0.25) is 0 Å². The van der Waals surface area contributed by atoms with Gasteiger partial charge in [-0.25, -0.2) is 0 Å². The molecule has 4 nitrogen and oxygen atoms in total. The lowest BCUT2D eigenvalue weighted by molar-refractivity contribution is -0.137. The Labute approximate surface area is 121 Å². The van der Waals surface area contributed by atoms with Crippen LogP contribution in [0.25, 0.3) is 0 Å². The van der Waals surface area contributed by atoms with Crippen LogP contribution in [0, 0.1) is 17.8 Å². The van der Waals surface area contributed by atoms with E-state index in [1.54, 1.807) is 0 Å². The minimum absolute atomic E-state index is 0.0830. The van der Waals surface area contributed by atoms with Crippen molar-refractivity contribution in [2.75, 3.05) is 0 Å². The fourth-order valence-corrected chi connectivity index (χ4v) is 3.35. The maximum Gasteiger partial charge on any atom is 0.303 e. The summed E-state index contributed by atoms with van der Waals surface area (Å²) in [6, 6.07) is 0. The maximum atomic E-state index is 10.5. The number of epoxide rings is 1. The van der Waals surface area contributed by atoms with Crippen LogP contribution in [0.5, 0.6) is 0 Å². The van der Waals surface area contributed by atoms with E-state index >= 15 is 0 Å². The van der Waals surface area contributed by atoms with Gasteiger partial charge in [0.05, 0.1) is 6.10 Å². The molecular formula is C16H28O4. The normalized spacial score (nSPS) is 37.1. The van der Waals surface area contributed by atoms with Crippen LogP contribution in [0.3, 0.4) is 0 Å². The maximum absolute atomic E-state index is 10.5. The zero-order chi connectivity index (χ0) is 14.7. The summed E-state index contributed by atoms with van der Waals surface area (Å²) in [7, 11) is 0. The van der Waals surface area contributed by atoms with Crippen molar-refractivity contribution in [1.82, 2.24) is 0 Å². The Balaban J connectivity index is 1.73. The van der Waals surface area contributed by atoms with Gasteiger partial charge in [0.1, 0.15) is 6.10 Å². The van der Waals surface area contributed by atoms with E-state index in [1.165, 1.54) is 12.8 Å². The Morgan fingerprint density at radius 2 is 2.15 bits per heavy atom. The minimum atomic E-state index is -0.732. The summed E-state index contributed by atoms with van der Waals surface area (Å²) < 4.78 is 11.7. The summed E-state index contributed by atoms with van der Waals surface area (Å²) in [5.41, 5.74) is 0. The van der Waals surface area contributed by atoms with E-state index in [1.807, 2.05) is 0 Å². The van der Waals surface area contributed by atoms with E-state index in [2.05, 4.69) is 20.8 Å². The molecule has 0 spiro atoms. The first-order valence-electron chi connectivity index (χ1n) is 8.00. The molecule has 1 aliphatic heterocycles. The molecule has 0 aromatic heterocycles. The van der Waals surface area contributed by atoms with E-state index in [0.717, 1.165) is 18.8 Å². The van der Waals surface area contributed by atoms with Crippen LogP contribution >= 0.6 is 0 Å². The summed E-state index contributed by atoms with van der Waals surface area (Å²) in [6.07, 6.45) is 5.73. The number of carboxylic acids is 1. The highest BCUT2D eigenvalue weighted by molar-refractivity contribution is 5.66. The third kappa shape index (κ3) is 4.45. The monoisotopic (exact) mass is 284 g/mol. The van der Waals surface area contributed by atoms with Crippen molar-refractivity contribution < 1.29 is 19.4 Å². The Morgan fingerprint density at radius 3 is 2.80 bits per heavy atom. The highest BCUT2D eigenvalue weighted by Crippen LogP contribution is 2.39. The predicted molar refractivity (Wildman–Crippen MR) is 76.4 cm³/mol. The SMILES string of the molecule is CC(C)[C@@H]1CC[C@@H](C)C[C@H]1OC1OC1CCCC(=O)O. The summed E-state index contributed by atoms with van der Waals surface area (Å²) in [6.45, 7) is 6.84. The number of ether oxygens (including phenoxy) is 2. The molecule has 1 aliphatic carbocycles. The van der Waals surface area contributed by atoms with Crippen molar-refractivity contribution in [2.24, 2.45) is 17.8 Å². The van der Waals surface area contributed by atoms with Crippen LogP contribution in [0.1, 0.15) is 59.3 Å². The standard InChI is InChI=1S/C16H28O4/c1-10(2)12-8-7-11(3)9-14(12)20-16-13(19-16)5-4-6-15(17)18/h10-14,16H,4-9H2,1-3H3,(H,17,18)/t11-,12+,13?,14-,16?/m1/s1. The molecule has 1 N–H and O–H groups in total. The first-order chi connectivity index (χ1) is 9.47. The quantitative estimate of drug-likeness (QED) is 0.727. The number of aliphatic carboxylic acids is 1. The van der Waals surface area contributed by atoms with Gasteiger partial charge in [-0.3, -0.25) is 4.79 Å². The average molecular weight is 284 g/mol. The molecule has 2 fully saturated rings. The Bertz CT molecular complexity index is 328. The highest BCUT2D eigenvalue weighted by Gasteiger charge is 2.43. The van der Waals surface area contributed by atoms with Gasteiger partial charge in [-0.2, -0.15) is 0 Å². The fraction of sp³-hybridized carbons (Fsp3) is 0.938. The molecule has 2 unspecified atom stereocenters. The molecule has 0 radical (unpaired) electrons. The van der Waals surface area contributed by atoms with Gasteiger partial charge in [0.2, 0.25) is 0 Å². The lowest BCUT2D eigenvalue weighted by Crippen LogP contribution is -2.35. The van der Waals surface area contributed by atoms with E-state index in [4.69, 9.17) is 14.6 Å². The third-order valence-corrected chi connectivity index (χ3v) is 4.69. The second kappa shape index (κ2) is 6.90. The van der Waals surface area contributed by atoms with Crippen LogP contribution < -0.4 is 0 Å². The second-order valence-corrected chi connectivity index (χ2v) is 6.83. The molecule has 116 valence electrons. The van der Waals surface area contributed by atoms with Gasteiger partial charge in [0, 0.05) is 6.42 Å². The molecule has 1 saturated carbocycles. The van der Waals surface area contributed by atoms with Crippen LogP contribution in [0.15, 0.2) is 0 Å². The molecule has 5 atom stereocenters. The number of hydrogen-bond donors (Lipinski definition) is 1. The molecule has 2 rings (SSSR count). The molecule has 2 aliphatic rings. The van der Waals surface area contributed by atoms with Crippen molar-refractivity contribution >= 4 is 5.97 Å². The Kier molecular flexibility index (Phi) is 5.44. The lowest BCUT2D eigenvalue weighted by Gasteiger charge is -2.36. The smallest absolute Gasteiger partial charge is 0.303 e. The summed E-state index contributed by atoms with van der Waals surface area (Å²) >= 11 is 0. The molecule has 0 aromatic carbocycles. The topological polar surface area (TPSA) is 59.1 Å². The van der Waals surface area contributed by atoms with E-state index < -0.39 is 5.97 Å². The van der Waals surface area contributed by atoms with Crippen LogP contribution in [0.4, 0.5) is 0 Å². The molecule has 1 saturated heterocycles. The van der Waals surface area contributed by atoms with Gasteiger partial charge >= 0.3 is 5.97 Å². The van der Waals surface area contributed by atoms with Crippen LogP contribution in [-0.4, -0.2) is 29.6 Å². The summed E-state index contributed by atoms with van der Waals surface area (Å²) in [4.78, 5) is 10.5. The number of carboxylic acid groups (broad SMARTS) is 1. The van der Waals surface area contributed by atoms with Crippen molar-refractivity contribution in [3.8, 4) is 0 Å². The van der Waals surface area contributed by atoms with Gasteiger partial charge < -0.3 is 14.6 Å². The molecule has 0 amide bonds. The fourth-order valence-electron chi connectivity index (χ4n) is 3.35. The van der Waals surface area contributed by atoms with Gasteiger partial charge in [-0.1, -0.05) is 27.2 Å². The number of hydrogen-bond acceptors (Lipinski definition) is 3. The van der Waals surface area contributed by atoms with Gasteiger partial charge in [-0.05, 0) is 43.4 Å². The Hall–Kier alpha value is -0.610. The zero-order valence-electron chi connectivity index (χ0n) is 12.9. The highest BCUT2D eigenvalue weighted by atomic mass is 16.8. The minimum Gasteiger partial charge on any atom is -0.481 e. The van der Waals surface area contributed by atoms with Crippen molar-refractivity contribution in [2.45, 2.75) is 77.8 Å². The summed E-state index contributed by atoms with van der Waals surface area (Å²) in [5.74, 6) is 1.29. The van der Waals surface area contributed by atoms with Crippen LogP contribution in [-0.2, 0) is 14.3 Å². The molecule has 0 bridgehead atoms. The molecule has 0 aromatic rings. The largest absolute Gasteiger partial charge is 0.481 e. The zero-order valence-corrected chi connectivity index (χ0v) is 12.9. The van der Waals surface area contributed by atoms with E-state index in [0.29, 0.717) is 24.4 Å². The molecule has 20 heavy (non-hydrogen) atoms. The summed E-state index contributed by atoms with van der Waals surface area (Å²) in [5, 5.41) is 8.63. The lowest BCUT2D eigenvalue weighted by atomic mass is 9.75.